The van der Waals surface area contributed by atoms with Crippen LogP contribution < -0.4 is 15.4 Å². The minimum Gasteiger partial charge on any atom is -0.489 e. The molecule has 0 amide bonds. The van der Waals surface area contributed by atoms with Crippen molar-refractivity contribution in [2.24, 2.45) is 10.4 Å². The molecule has 2 rings (SSSR count). The molecule has 0 radical (unpaired) electrons. The fraction of sp³-hybridized carbons (Fsp3) is 0.632. The first-order valence-electron chi connectivity index (χ1n) is 8.92. The molecule has 0 heterocycles. The maximum Gasteiger partial charge on any atom is 0.191 e. The van der Waals surface area contributed by atoms with E-state index in [9.17, 15) is 4.39 Å². The molecule has 1 aliphatic carbocycles. The summed E-state index contributed by atoms with van der Waals surface area (Å²) in [5, 5.41) is 6.69. The molecule has 140 valence electrons. The second kappa shape index (κ2) is 9.61. The highest BCUT2D eigenvalue weighted by Crippen LogP contribution is 2.43. The maximum absolute atomic E-state index is 13.2. The van der Waals surface area contributed by atoms with E-state index in [1.54, 1.807) is 26.3 Å². The summed E-state index contributed by atoms with van der Waals surface area (Å²) in [6, 6.07) is 6.19. The molecule has 0 aromatic heterocycles. The van der Waals surface area contributed by atoms with Gasteiger partial charge in [0.2, 0.25) is 0 Å². The number of nitrogens with zero attached hydrogens (tertiary/aromatic N) is 1. The van der Waals surface area contributed by atoms with Gasteiger partial charge in [-0.2, -0.15) is 0 Å². The van der Waals surface area contributed by atoms with Crippen molar-refractivity contribution in [3.05, 3.63) is 30.1 Å². The summed E-state index contributed by atoms with van der Waals surface area (Å²) in [6.45, 7) is 4.22. The van der Waals surface area contributed by atoms with Crippen LogP contribution in [-0.4, -0.2) is 45.9 Å². The number of benzene rings is 1. The zero-order valence-electron chi connectivity index (χ0n) is 15.5. The van der Waals surface area contributed by atoms with Gasteiger partial charge in [-0.25, -0.2) is 4.39 Å². The first-order valence-corrected chi connectivity index (χ1v) is 8.92. The summed E-state index contributed by atoms with van der Waals surface area (Å²) >= 11 is 0. The van der Waals surface area contributed by atoms with E-state index in [1.165, 1.54) is 31.4 Å². The Kier molecular flexibility index (Phi) is 7.50. The van der Waals surface area contributed by atoms with Crippen LogP contribution in [0.5, 0.6) is 5.75 Å². The van der Waals surface area contributed by atoms with E-state index in [4.69, 9.17) is 9.47 Å². The molecule has 0 aliphatic heterocycles. The van der Waals surface area contributed by atoms with Gasteiger partial charge < -0.3 is 20.1 Å². The van der Waals surface area contributed by atoms with Gasteiger partial charge in [-0.1, -0.05) is 12.5 Å². The standard InChI is InChI=1S/C19H30FN3O2/c1-15(25-17-7-4-6-16(20)12-17)13-22-18(21-2)23-14-19(8-5-9-19)10-11-24-3/h4,6-7,12,15H,5,8-11,13-14H2,1-3H3,(H2,21,22,23). The minimum absolute atomic E-state index is 0.105. The first kappa shape index (κ1) is 19.5. The van der Waals surface area contributed by atoms with Gasteiger partial charge in [-0.15, -0.1) is 0 Å². The SMILES string of the molecule is CN=C(NCC(C)Oc1cccc(F)c1)NCC1(CCOC)CCC1. The average Bonchev–Trinajstić information content (AvgIpc) is 2.56. The van der Waals surface area contributed by atoms with Crippen molar-refractivity contribution in [2.75, 3.05) is 33.9 Å². The molecule has 25 heavy (non-hydrogen) atoms. The second-order valence-corrected chi connectivity index (χ2v) is 6.79. The minimum atomic E-state index is -0.294. The topological polar surface area (TPSA) is 54.9 Å². The quantitative estimate of drug-likeness (QED) is 0.530. The summed E-state index contributed by atoms with van der Waals surface area (Å²) in [5.74, 6) is 1.00. The Labute approximate surface area is 150 Å². The molecule has 1 aromatic rings. The van der Waals surface area contributed by atoms with Crippen molar-refractivity contribution >= 4 is 5.96 Å². The summed E-state index contributed by atoms with van der Waals surface area (Å²) < 4.78 is 24.1. The molecular weight excluding hydrogens is 321 g/mol. The van der Waals surface area contributed by atoms with E-state index in [1.807, 2.05) is 6.92 Å². The molecule has 0 bridgehead atoms. The van der Waals surface area contributed by atoms with Crippen LogP contribution in [0.25, 0.3) is 0 Å². The third kappa shape index (κ3) is 6.20. The Morgan fingerprint density at radius 2 is 2.16 bits per heavy atom. The van der Waals surface area contributed by atoms with E-state index < -0.39 is 0 Å². The normalized spacial score (nSPS) is 17.5. The largest absolute Gasteiger partial charge is 0.489 e. The zero-order valence-corrected chi connectivity index (χ0v) is 15.5. The van der Waals surface area contributed by atoms with Crippen LogP contribution in [0.1, 0.15) is 32.6 Å². The van der Waals surface area contributed by atoms with Gasteiger partial charge >= 0.3 is 0 Å². The van der Waals surface area contributed by atoms with Gasteiger partial charge in [0.15, 0.2) is 5.96 Å². The van der Waals surface area contributed by atoms with Crippen LogP contribution in [0.3, 0.4) is 0 Å². The Morgan fingerprint density at radius 3 is 2.76 bits per heavy atom. The van der Waals surface area contributed by atoms with Gasteiger partial charge in [0, 0.05) is 33.4 Å². The highest BCUT2D eigenvalue weighted by atomic mass is 19.1. The molecule has 2 N–H and O–H groups in total. The highest BCUT2D eigenvalue weighted by Gasteiger charge is 2.36. The number of ether oxygens (including phenoxy) is 2. The number of hydrogen-bond acceptors (Lipinski definition) is 3. The number of aliphatic imine (C=N–C) groups is 1. The average molecular weight is 351 g/mol. The van der Waals surface area contributed by atoms with E-state index in [0.29, 0.717) is 17.7 Å². The molecule has 1 saturated carbocycles. The molecular formula is C19H30FN3O2. The lowest BCUT2D eigenvalue weighted by Gasteiger charge is -2.42. The number of nitrogens with one attached hydrogen (secondary N) is 2. The van der Waals surface area contributed by atoms with Gasteiger partial charge in [-0.3, -0.25) is 4.99 Å². The van der Waals surface area contributed by atoms with Crippen LogP contribution in [0.15, 0.2) is 29.3 Å². The Morgan fingerprint density at radius 1 is 1.36 bits per heavy atom. The van der Waals surface area contributed by atoms with E-state index >= 15 is 0 Å². The second-order valence-electron chi connectivity index (χ2n) is 6.79. The number of guanidine groups is 1. The third-order valence-electron chi connectivity index (χ3n) is 4.80. The molecule has 1 aliphatic rings. The number of methoxy groups -OCH3 is 1. The summed E-state index contributed by atoms with van der Waals surface area (Å²) in [6.07, 6.45) is 4.73. The molecule has 1 aromatic carbocycles. The van der Waals surface area contributed by atoms with Crippen LogP contribution >= 0.6 is 0 Å². The van der Waals surface area contributed by atoms with E-state index in [2.05, 4.69) is 15.6 Å². The van der Waals surface area contributed by atoms with Crippen LogP contribution in [0.2, 0.25) is 0 Å². The molecule has 1 fully saturated rings. The Hall–Kier alpha value is -1.82. The van der Waals surface area contributed by atoms with E-state index in [0.717, 1.165) is 25.5 Å². The summed E-state index contributed by atoms with van der Waals surface area (Å²) in [4.78, 5) is 4.27. The monoisotopic (exact) mass is 351 g/mol. The molecule has 1 atom stereocenters. The summed E-state index contributed by atoms with van der Waals surface area (Å²) in [7, 11) is 3.51. The predicted molar refractivity (Wildman–Crippen MR) is 98.6 cm³/mol. The summed E-state index contributed by atoms with van der Waals surface area (Å²) in [5.41, 5.74) is 0.331. The van der Waals surface area contributed by atoms with Crippen molar-refractivity contribution in [2.45, 2.75) is 38.7 Å². The van der Waals surface area contributed by atoms with Crippen LogP contribution in [0.4, 0.5) is 4.39 Å². The first-order chi connectivity index (χ1) is 12.1. The van der Waals surface area contributed by atoms with Crippen molar-refractivity contribution in [1.29, 1.82) is 0 Å². The van der Waals surface area contributed by atoms with Crippen molar-refractivity contribution in [3.8, 4) is 5.75 Å². The van der Waals surface area contributed by atoms with E-state index in [-0.39, 0.29) is 11.9 Å². The molecule has 0 saturated heterocycles. The van der Waals surface area contributed by atoms with Gasteiger partial charge in [0.25, 0.3) is 0 Å². The van der Waals surface area contributed by atoms with Crippen molar-refractivity contribution < 1.29 is 13.9 Å². The predicted octanol–water partition coefficient (Wildman–Crippen LogP) is 2.96. The highest BCUT2D eigenvalue weighted by molar-refractivity contribution is 5.79. The molecule has 5 nitrogen and oxygen atoms in total. The van der Waals surface area contributed by atoms with Crippen molar-refractivity contribution in [1.82, 2.24) is 10.6 Å². The zero-order chi connectivity index (χ0) is 18.1. The number of halogens is 1. The smallest absolute Gasteiger partial charge is 0.191 e. The van der Waals surface area contributed by atoms with Crippen molar-refractivity contribution in [3.63, 3.8) is 0 Å². The van der Waals surface area contributed by atoms with Gasteiger partial charge in [0.05, 0.1) is 6.54 Å². The fourth-order valence-electron chi connectivity index (χ4n) is 3.06. The lowest BCUT2D eigenvalue weighted by molar-refractivity contribution is 0.0732. The van der Waals surface area contributed by atoms with Gasteiger partial charge in [0.1, 0.15) is 17.7 Å². The third-order valence-corrected chi connectivity index (χ3v) is 4.80. The molecule has 0 spiro atoms. The Balaban J connectivity index is 1.74. The lowest BCUT2D eigenvalue weighted by Crippen LogP contribution is -2.48. The van der Waals surface area contributed by atoms with Crippen LogP contribution in [0, 0.1) is 11.2 Å². The molecule has 6 heteroatoms. The lowest BCUT2D eigenvalue weighted by atomic mass is 9.67. The molecule has 1 unspecified atom stereocenters. The number of rotatable bonds is 9. The van der Waals surface area contributed by atoms with Gasteiger partial charge in [-0.05, 0) is 43.7 Å². The number of hydrogen-bond donors (Lipinski definition) is 2. The fourth-order valence-corrected chi connectivity index (χ4v) is 3.06. The maximum atomic E-state index is 13.2. The Bertz CT molecular complexity index is 561. The van der Waals surface area contributed by atoms with Crippen LogP contribution in [-0.2, 0) is 4.74 Å².